The summed E-state index contributed by atoms with van der Waals surface area (Å²) in [4.78, 5) is 4.28. The van der Waals surface area contributed by atoms with Crippen LogP contribution in [0.3, 0.4) is 0 Å². The van der Waals surface area contributed by atoms with Crippen LogP contribution in [0.25, 0.3) is 0 Å². The lowest BCUT2D eigenvalue weighted by Gasteiger charge is -2.11. The molecule has 3 N–H and O–H groups in total. The van der Waals surface area contributed by atoms with E-state index in [-0.39, 0.29) is 6.04 Å². The lowest BCUT2D eigenvalue weighted by molar-refractivity contribution is 0.635. The van der Waals surface area contributed by atoms with Gasteiger partial charge >= 0.3 is 0 Å². The van der Waals surface area contributed by atoms with E-state index in [9.17, 15) is 0 Å². The lowest BCUT2D eigenvalue weighted by Crippen LogP contribution is -2.27. The number of aryl methyl sites for hydroxylation is 1. The van der Waals surface area contributed by atoms with Gasteiger partial charge in [-0.15, -0.1) is 0 Å². The van der Waals surface area contributed by atoms with E-state index >= 15 is 0 Å². The zero-order chi connectivity index (χ0) is 10.6. The zero-order valence-electron chi connectivity index (χ0n) is 8.91. The molecule has 76 valence electrons. The highest BCUT2D eigenvalue weighted by Gasteiger charge is 2.06. The number of hydrogen-bond acceptors (Lipinski definition) is 3. The molecule has 1 rings (SSSR count). The summed E-state index contributed by atoms with van der Waals surface area (Å²) in [7, 11) is 0. The fourth-order valence-corrected chi connectivity index (χ4v) is 1.28. The third-order valence-electron chi connectivity index (χ3n) is 1.93. The predicted octanol–water partition coefficient (Wildman–Crippen LogP) is 1.86. The molecule has 0 amide bonds. The molecular formula is C11H17N3. The first-order chi connectivity index (χ1) is 6.63. The molecule has 0 aliphatic carbocycles. The summed E-state index contributed by atoms with van der Waals surface area (Å²) < 4.78 is 0. The van der Waals surface area contributed by atoms with Crippen LogP contribution in [0.4, 0.5) is 0 Å². The minimum atomic E-state index is -0.0000926. The molecule has 0 spiro atoms. The Morgan fingerprint density at radius 1 is 1.57 bits per heavy atom. The topological polar surface area (TPSA) is 50.9 Å². The van der Waals surface area contributed by atoms with E-state index in [0.29, 0.717) is 0 Å². The van der Waals surface area contributed by atoms with Crippen molar-refractivity contribution in [2.24, 2.45) is 5.84 Å². The third kappa shape index (κ3) is 2.94. The monoisotopic (exact) mass is 191 g/mol. The molecule has 3 heteroatoms. The first-order valence-electron chi connectivity index (χ1n) is 4.67. The van der Waals surface area contributed by atoms with Crippen LogP contribution < -0.4 is 11.3 Å². The number of nitrogens with zero attached hydrogens (tertiary/aromatic N) is 1. The van der Waals surface area contributed by atoms with E-state index in [1.807, 2.05) is 32.9 Å². The first kappa shape index (κ1) is 10.9. The van der Waals surface area contributed by atoms with Gasteiger partial charge in [-0.1, -0.05) is 11.6 Å². The Kier molecular flexibility index (Phi) is 3.80. The van der Waals surface area contributed by atoms with E-state index in [0.717, 1.165) is 5.69 Å². The molecule has 1 aromatic heterocycles. The molecule has 1 atom stereocenters. The molecule has 0 bridgehead atoms. The minimum absolute atomic E-state index is 0.0000926. The Balaban J connectivity index is 2.95. The van der Waals surface area contributed by atoms with Gasteiger partial charge in [-0.05, 0) is 38.5 Å². The molecule has 0 aromatic carbocycles. The van der Waals surface area contributed by atoms with Gasteiger partial charge in [0.25, 0.3) is 0 Å². The van der Waals surface area contributed by atoms with Gasteiger partial charge in [-0.3, -0.25) is 10.8 Å². The van der Waals surface area contributed by atoms with Crippen LogP contribution in [0.15, 0.2) is 30.0 Å². The highest BCUT2D eigenvalue weighted by Crippen LogP contribution is 2.13. The molecule has 0 saturated heterocycles. The average Bonchev–Trinajstić information content (AvgIpc) is 2.14. The van der Waals surface area contributed by atoms with Crippen molar-refractivity contribution in [3.8, 4) is 0 Å². The quantitative estimate of drug-likeness (QED) is 0.435. The smallest absolute Gasteiger partial charge is 0.0814 e. The van der Waals surface area contributed by atoms with E-state index in [2.05, 4.69) is 16.5 Å². The number of hydrogen-bond donors (Lipinski definition) is 2. The maximum absolute atomic E-state index is 5.47. The maximum Gasteiger partial charge on any atom is 0.0814 e. The van der Waals surface area contributed by atoms with E-state index in [4.69, 9.17) is 5.84 Å². The molecule has 1 aromatic rings. The minimum Gasteiger partial charge on any atom is -0.271 e. The van der Waals surface area contributed by atoms with Crippen LogP contribution in [-0.2, 0) is 0 Å². The van der Waals surface area contributed by atoms with Crippen LogP contribution in [0.5, 0.6) is 0 Å². The van der Waals surface area contributed by atoms with Crippen LogP contribution in [0, 0.1) is 6.92 Å². The molecule has 0 aliphatic heterocycles. The van der Waals surface area contributed by atoms with Crippen molar-refractivity contribution >= 4 is 0 Å². The van der Waals surface area contributed by atoms with Crippen LogP contribution in [0.1, 0.15) is 31.1 Å². The summed E-state index contributed by atoms with van der Waals surface area (Å²) in [6.45, 7) is 6.13. The molecule has 1 unspecified atom stereocenters. The van der Waals surface area contributed by atoms with Gasteiger partial charge in [0.2, 0.25) is 0 Å². The van der Waals surface area contributed by atoms with Crippen LogP contribution >= 0.6 is 0 Å². The van der Waals surface area contributed by atoms with E-state index in [1.165, 1.54) is 11.1 Å². The van der Waals surface area contributed by atoms with Crippen molar-refractivity contribution in [2.45, 2.75) is 26.8 Å². The fraction of sp³-hybridized carbons (Fsp3) is 0.364. The first-order valence-corrected chi connectivity index (χ1v) is 4.67. The highest BCUT2D eigenvalue weighted by atomic mass is 15.2. The number of hydrazine groups is 1. The van der Waals surface area contributed by atoms with Gasteiger partial charge in [0, 0.05) is 6.20 Å². The molecule has 14 heavy (non-hydrogen) atoms. The van der Waals surface area contributed by atoms with Gasteiger partial charge in [0.15, 0.2) is 0 Å². The number of pyridine rings is 1. The van der Waals surface area contributed by atoms with Gasteiger partial charge in [0.1, 0.15) is 0 Å². The van der Waals surface area contributed by atoms with Gasteiger partial charge in [0.05, 0.1) is 11.7 Å². The standard InChI is InChI=1S/C11H17N3/c1-8(2)6-11(14-12)10-7-9(3)4-5-13-10/h4-7,11,14H,12H2,1-3H3. The largest absolute Gasteiger partial charge is 0.271 e. The number of aromatic nitrogens is 1. The van der Waals surface area contributed by atoms with E-state index in [1.54, 1.807) is 6.20 Å². The van der Waals surface area contributed by atoms with Crippen LogP contribution in [0.2, 0.25) is 0 Å². The normalized spacial score (nSPS) is 12.3. The summed E-state index contributed by atoms with van der Waals surface area (Å²) in [5.74, 6) is 5.47. The van der Waals surface area contributed by atoms with Crippen molar-refractivity contribution in [1.82, 2.24) is 10.4 Å². The van der Waals surface area contributed by atoms with Crippen LogP contribution in [-0.4, -0.2) is 4.98 Å². The second kappa shape index (κ2) is 4.88. The molecule has 0 radical (unpaired) electrons. The summed E-state index contributed by atoms with van der Waals surface area (Å²) in [6, 6.07) is 4.00. The number of rotatable bonds is 3. The van der Waals surface area contributed by atoms with Crippen molar-refractivity contribution in [3.05, 3.63) is 41.2 Å². The third-order valence-corrected chi connectivity index (χ3v) is 1.93. The van der Waals surface area contributed by atoms with Crippen molar-refractivity contribution in [2.75, 3.05) is 0 Å². The molecule has 1 heterocycles. The Bertz CT molecular complexity index is 327. The Morgan fingerprint density at radius 2 is 2.29 bits per heavy atom. The maximum atomic E-state index is 5.47. The van der Waals surface area contributed by atoms with Crippen molar-refractivity contribution < 1.29 is 0 Å². The average molecular weight is 191 g/mol. The molecule has 0 aliphatic rings. The highest BCUT2D eigenvalue weighted by molar-refractivity contribution is 5.21. The Hall–Kier alpha value is -1.19. The summed E-state index contributed by atoms with van der Waals surface area (Å²) in [6.07, 6.45) is 3.86. The predicted molar refractivity (Wildman–Crippen MR) is 58.5 cm³/mol. The Morgan fingerprint density at radius 3 is 2.79 bits per heavy atom. The SMILES string of the molecule is CC(C)=CC(NN)c1cc(C)ccn1. The molecule has 3 nitrogen and oxygen atoms in total. The van der Waals surface area contributed by atoms with Crippen molar-refractivity contribution in [3.63, 3.8) is 0 Å². The van der Waals surface area contributed by atoms with Gasteiger partial charge < -0.3 is 0 Å². The van der Waals surface area contributed by atoms with E-state index < -0.39 is 0 Å². The summed E-state index contributed by atoms with van der Waals surface area (Å²) in [5, 5.41) is 0. The zero-order valence-corrected chi connectivity index (χ0v) is 8.91. The second-order valence-corrected chi connectivity index (χ2v) is 3.65. The second-order valence-electron chi connectivity index (χ2n) is 3.65. The Labute approximate surface area is 85.0 Å². The number of nitrogens with one attached hydrogen (secondary N) is 1. The van der Waals surface area contributed by atoms with Gasteiger partial charge in [-0.25, -0.2) is 5.43 Å². The molecular weight excluding hydrogens is 174 g/mol. The molecule has 0 saturated carbocycles. The number of nitrogens with two attached hydrogens (primary N) is 1. The summed E-state index contributed by atoms with van der Waals surface area (Å²) in [5.41, 5.74) is 6.10. The molecule has 0 fully saturated rings. The van der Waals surface area contributed by atoms with Gasteiger partial charge in [-0.2, -0.15) is 0 Å². The fourth-order valence-electron chi connectivity index (χ4n) is 1.28. The summed E-state index contributed by atoms with van der Waals surface area (Å²) >= 11 is 0. The lowest BCUT2D eigenvalue weighted by atomic mass is 10.1. The van der Waals surface area contributed by atoms with Crippen molar-refractivity contribution in [1.29, 1.82) is 0 Å². The number of allylic oxidation sites excluding steroid dienone is 1.